The molecule has 4 N–H and O–H groups in total. The van der Waals surface area contributed by atoms with Gasteiger partial charge in [0.25, 0.3) is 0 Å². The van der Waals surface area contributed by atoms with Gasteiger partial charge in [-0.2, -0.15) is 0 Å². The number of benzene rings is 2. The molecule has 0 aliphatic heterocycles. The van der Waals surface area contributed by atoms with Gasteiger partial charge in [-0.3, -0.25) is 0 Å². The molecule has 2 aromatic rings. The summed E-state index contributed by atoms with van der Waals surface area (Å²) >= 11 is 0. The summed E-state index contributed by atoms with van der Waals surface area (Å²) in [5.74, 6) is 0. The van der Waals surface area contributed by atoms with Crippen LogP contribution in [0.25, 0.3) is 0 Å². The first-order valence-electron chi connectivity index (χ1n) is 10.7. The lowest BCUT2D eigenvalue weighted by Crippen LogP contribution is -2.32. The Bertz CT molecular complexity index is 649. The van der Waals surface area contributed by atoms with Crippen LogP contribution in [0.3, 0.4) is 0 Å². The van der Waals surface area contributed by atoms with E-state index in [1.165, 1.54) is 5.56 Å². The second-order valence-electron chi connectivity index (χ2n) is 7.46. The van der Waals surface area contributed by atoms with Gasteiger partial charge in [0.15, 0.2) is 0 Å². The Morgan fingerprint density at radius 1 is 0.793 bits per heavy atom. The molecule has 0 fully saturated rings. The van der Waals surface area contributed by atoms with Crippen LogP contribution in [-0.2, 0) is 6.42 Å². The molecule has 0 saturated heterocycles. The Hall–Kier alpha value is -1.92. The van der Waals surface area contributed by atoms with Gasteiger partial charge in [-0.25, -0.2) is 0 Å². The van der Waals surface area contributed by atoms with Crippen molar-refractivity contribution in [3.8, 4) is 0 Å². The molecule has 0 radical (unpaired) electrons. The third-order valence-electron chi connectivity index (χ3n) is 5.08. The Balaban J connectivity index is 1.84. The quantitative estimate of drug-likeness (QED) is 0.345. The predicted molar refractivity (Wildman–Crippen MR) is 119 cm³/mol. The Labute approximate surface area is 175 Å². The van der Waals surface area contributed by atoms with Crippen LogP contribution in [0.2, 0.25) is 0 Å². The molecule has 0 heterocycles. The first-order chi connectivity index (χ1) is 14.2. The SMILES string of the molecule is OCCCCNc1ccc(CCN(CCCCO)CC(O)c2ccccc2)cc1. The van der Waals surface area contributed by atoms with E-state index in [2.05, 4.69) is 34.5 Å². The molecular weight excluding hydrogens is 364 g/mol. The number of nitrogens with one attached hydrogen (secondary N) is 1. The molecule has 0 spiro atoms. The Kier molecular flexibility index (Phi) is 11.4. The van der Waals surface area contributed by atoms with Crippen molar-refractivity contribution in [2.24, 2.45) is 0 Å². The summed E-state index contributed by atoms with van der Waals surface area (Å²) in [5.41, 5.74) is 3.31. The summed E-state index contributed by atoms with van der Waals surface area (Å²) < 4.78 is 0. The van der Waals surface area contributed by atoms with Crippen molar-refractivity contribution in [1.29, 1.82) is 0 Å². The van der Waals surface area contributed by atoms with Crippen molar-refractivity contribution in [2.45, 2.75) is 38.2 Å². The molecular formula is C24H36N2O3. The van der Waals surface area contributed by atoms with Crippen molar-refractivity contribution < 1.29 is 15.3 Å². The molecule has 1 atom stereocenters. The van der Waals surface area contributed by atoms with Crippen LogP contribution >= 0.6 is 0 Å². The molecule has 2 aromatic carbocycles. The van der Waals surface area contributed by atoms with Crippen LogP contribution in [0.15, 0.2) is 54.6 Å². The summed E-state index contributed by atoms with van der Waals surface area (Å²) in [5, 5.41) is 31.9. The Morgan fingerprint density at radius 2 is 1.48 bits per heavy atom. The smallest absolute Gasteiger partial charge is 0.0916 e. The van der Waals surface area contributed by atoms with E-state index in [0.717, 1.165) is 63.0 Å². The van der Waals surface area contributed by atoms with E-state index in [9.17, 15) is 5.11 Å². The summed E-state index contributed by atoms with van der Waals surface area (Å²) in [6.07, 6.45) is 3.92. The fourth-order valence-corrected chi connectivity index (χ4v) is 3.31. The minimum atomic E-state index is -0.504. The summed E-state index contributed by atoms with van der Waals surface area (Å²) in [4.78, 5) is 2.29. The van der Waals surface area contributed by atoms with Crippen molar-refractivity contribution >= 4 is 5.69 Å². The molecule has 0 aliphatic rings. The van der Waals surface area contributed by atoms with Crippen LogP contribution < -0.4 is 5.32 Å². The van der Waals surface area contributed by atoms with Crippen molar-refractivity contribution in [2.75, 3.05) is 44.7 Å². The van der Waals surface area contributed by atoms with Gasteiger partial charge in [0.05, 0.1) is 6.10 Å². The fourth-order valence-electron chi connectivity index (χ4n) is 3.31. The first kappa shape index (κ1) is 23.4. The van der Waals surface area contributed by atoms with Gasteiger partial charge in [0, 0.05) is 38.5 Å². The van der Waals surface area contributed by atoms with Crippen LogP contribution in [0.4, 0.5) is 5.69 Å². The number of anilines is 1. The zero-order valence-electron chi connectivity index (χ0n) is 17.3. The van der Waals surface area contributed by atoms with Gasteiger partial charge in [-0.1, -0.05) is 42.5 Å². The molecule has 5 heteroatoms. The second-order valence-corrected chi connectivity index (χ2v) is 7.46. The van der Waals surface area contributed by atoms with E-state index in [1.54, 1.807) is 0 Å². The van der Waals surface area contributed by atoms with Crippen LogP contribution in [0.5, 0.6) is 0 Å². The highest BCUT2D eigenvalue weighted by Crippen LogP contribution is 2.16. The maximum Gasteiger partial charge on any atom is 0.0916 e. The lowest BCUT2D eigenvalue weighted by atomic mass is 10.1. The Morgan fingerprint density at radius 3 is 2.17 bits per heavy atom. The van der Waals surface area contributed by atoms with Gasteiger partial charge in [0.1, 0.15) is 0 Å². The van der Waals surface area contributed by atoms with E-state index in [1.807, 2.05) is 30.3 Å². The minimum absolute atomic E-state index is 0.210. The maximum absolute atomic E-state index is 10.6. The normalized spacial score (nSPS) is 12.3. The number of unbranched alkanes of at least 4 members (excludes halogenated alkanes) is 2. The molecule has 0 aliphatic carbocycles. The first-order valence-corrected chi connectivity index (χ1v) is 10.7. The molecule has 0 bridgehead atoms. The highest BCUT2D eigenvalue weighted by atomic mass is 16.3. The van der Waals surface area contributed by atoms with Gasteiger partial charge >= 0.3 is 0 Å². The molecule has 0 aromatic heterocycles. The lowest BCUT2D eigenvalue weighted by molar-refractivity contribution is 0.111. The van der Waals surface area contributed by atoms with Gasteiger partial charge in [-0.05, 0) is 61.9 Å². The van der Waals surface area contributed by atoms with E-state index in [-0.39, 0.29) is 13.2 Å². The summed E-state index contributed by atoms with van der Waals surface area (Å²) in [6, 6.07) is 18.3. The van der Waals surface area contributed by atoms with Crippen molar-refractivity contribution in [3.63, 3.8) is 0 Å². The number of hydrogen-bond acceptors (Lipinski definition) is 5. The fraction of sp³-hybridized carbons (Fsp3) is 0.500. The lowest BCUT2D eigenvalue weighted by Gasteiger charge is -2.25. The molecule has 1 unspecified atom stereocenters. The number of rotatable bonds is 15. The standard InChI is InChI=1S/C24H36N2O3/c27-18-6-4-15-25-23-12-10-21(11-13-23)14-17-26(16-5-7-19-28)20-24(29)22-8-2-1-3-9-22/h1-3,8-13,24-25,27-29H,4-7,14-20H2. The molecule has 29 heavy (non-hydrogen) atoms. The minimum Gasteiger partial charge on any atom is -0.396 e. The predicted octanol–water partition coefficient (Wildman–Crippen LogP) is 3.22. The topological polar surface area (TPSA) is 76.0 Å². The molecule has 0 saturated carbocycles. The highest BCUT2D eigenvalue weighted by molar-refractivity contribution is 5.44. The zero-order chi connectivity index (χ0) is 20.7. The van der Waals surface area contributed by atoms with Crippen LogP contribution in [0, 0.1) is 0 Å². The molecule has 2 rings (SSSR count). The van der Waals surface area contributed by atoms with Crippen LogP contribution in [0.1, 0.15) is 42.9 Å². The molecule has 0 amide bonds. The summed E-state index contributed by atoms with van der Waals surface area (Å²) in [7, 11) is 0. The zero-order valence-corrected chi connectivity index (χ0v) is 17.3. The number of aliphatic hydroxyl groups is 3. The monoisotopic (exact) mass is 400 g/mol. The van der Waals surface area contributed by atoms with E-state index in [0.29, 0.717) is 6.54 Å². The van der Waals surface area contributed by atoms with E-state index >= 15 is 0 Å². The maximum atomic E-state index is 10.6. The second kappa shape index (κ2) is 14.1. The van der Waals surface area contributed by atoms with Crippen molar-refractivity contribution in [1.82, 2.24) is 4.90 Å². The largest absolute Gasteiger partial charge is 0.396 e. The molecule has 160 valence electrons. The summed E-state index contributed by atoms with van der Waals surface area (Å²) in [6.45, 7) is 3.67. The average molecular weight is 401 g/mol. The number of nitrogens with zero attached hydrogens (tertiary/aromatic N) is 1. The average Bonchev–Trinajstić information content (AvgIpc) is 2.76. The third kappa shape index (κ3) is 9.41. The van der Waals surface area contributed by atoms with E-state index in [4.69, 9.17) is 10.2 Å². The number of hydrogen-bond donors (Lipinski definition) is 4. The van der Waals surface area contributed by atoms with E-state index < -0.39 is 6.10 Å². The van der Waals surface area contributed by atoms with Gasteiger partial charge < -0.3 is 25.5 Å². The molecule has 5 nitrogen and oxygen atoms in total. The van der Waals surface area contributed by atoms with Gasteiger partial charge in [0.2, 0.25) is 0 Å². The third-order valence-corrected chi connectivity index (χ3v) is 5.08. The van der Waals surface area contributed by atoms with Gasteiger partial charge in [-0.15, -0.1) is 0 Å². The van der Waals surface area contributed by atoms with Crippen molar-refractivity contribution in [3.05, 3.63) is 65.7 Å². The number of aliphatic hydroxyl groups excluding tert-OH is 3. The highest BCUT2D eigenvalue weighted by Gasteiger charge is 2.13. The van der Waals surface area contributed by atoms with Crippen LogP contribution in [-0.4, -0.2) is 59.6 Å².